The minimum absolute atomic E-state index is 0.0657. The largest absolute Gasteiger partial charge is 0.545 e. The number of nitrogens with one attached hydrogen (secondary N) is 2. The summed E-state index contributed by atoms with van der Waals surface area (Å²) in [5.74, 6) is -0.662. The van der Waals surface area contributed by atoms with E-state index in [1.807, 2.05) is 0 Å². The van der Waals surface area contributed by atoms with Crippen LogP contribution in [0.15, 0.2) is 46.5 Å². The molecule has 3 rings (SSSR count). The van der Waals surface area contributed by atoms with Gasteiger partial charge in [-0.2, -0.15) is 0 Å². The average Bonchev–Trinajstić information content (AvgIpc) is 3.06. The van der Waals surface area contributed by atoms with Crippen molar-refractivity contribution in [2.24, 2.45) is 0 Å². The first-order valence-electron chi connectivity index (χ1n) is 6.28. The molecule has 0 unspecified atom stereocenters. The zero-order valence-corrected chi connectivity index (χ0v) is 11.9. The lowest BCUT2D eigenvalue weighted by molar-refractivity contribution is -0.255. The Bertz CT molecular complexity index is 822. The Labute approximate surface area is 130 Å². The highest BCUT2D eigenvalue weighted by atomic mass is 32.1. The number of carboxylic acids is 1. The second-order valence-corrected chi connectivity index (χ2v) is 4.94. The summed E-state index contributed by atoms with van der Waals surface area (Å²) in [5.41, 5.74) is 0.955. The number of rotatable bonds is 3. The number of hydrogen-bond acceptors (Lipinski definition) is 5. The fourth-order valence-corrected chi connectivity index (χ4v) is 2.21. The van der Waals surface area contributed by atoms with Gasteiger partial charge in [0.25, 0.3) is 5.91 Å². The van der Waals surface area contributed by atoms with Gasteiger partial charge in [0.15, 0.2) is 5.11 Å². The van der Waals surface area contributed by atoms with E-state index in [1.165, 1.54) is 18.2 Å². The standard InChI is InChI=1S/C15H10N2O4S/c18-13-11(16-15(22)17-13)7-10-4-5-12(21-10)8-2-1-3-9(6-8)14(19)20/h1-7H,(H,19,20)(H2,16,17,18,22)/p-1/b11-7+. The van der Waals surface area contributed by atoms with Gasteiger partial charge < -0.3 is 19.6 Å². The van der Waals surface area contributed by atoms with Gasteiger partial charge in [0.1, 0.15) is 17.2 Å². The third-order valence-corrected chi connectivity index (χ3v) is 3.22. The van der Waals surface area contributed by atoms with Crippen LogP contribution in [0.25, 0.3) is 17.4 Å². The van der Waals surface area contributed by atoms with E-state index in [0.717, 1.165) is 0 Å². The summed E-state index contributed by atoms with van der Waals surface area (Å²) in [7, 11) is 0. The van der Waals surface area contributed by atoms with Gasteiger partial charge in [0, 0.05) is 11.6 Å². The van der Waals surface area contributed by atoms with Crippen LogP contribution < -0.4 is 15.7 Å². The van der Waals surface area contributed by atoms with Crippen molar-refractivity contribution in [1.29, 1.82) is 0 Å². The third kappa shape index (κ3) is 2.75. The highest BCUT2D eigenvalue weighted by Gasteiger charge is 2.20. The van der Waals surface area contributed by atoms with Crippen molar-refractivity contribution in [3.8, 4) is 11.3 Å². The first-order valence-corrected chi connectivity index (χ1v) is 6.69. The lowest BCUT2D eigenvalue weighted by Crippen LogP contribution is -2.22. The number of amides is 1. The summed E-state index contributed by atoms with van der Waals surface area (Å²) in [6.45, 7) is 0. The molecule has 6 nitrogen and oxygen atoms in total. The number of hydrogen-bond donors (Lipinski definition) is 2. The molecule has 0 atom stereocenters. The summed E-state index contributed by atoms with van der Waals surface area (Å²) in [5, 5.41) is 16.3. The van der Waals surface area contributed by atoms with Crippen molar-refractivity contribution in [3.05, 3.63) is 53.4 Å². The highest BCUT2D eigenvalue weighted by Crippen LogP contribution is 2.24. The van der Waals surface area contributed by atoms with Crippen LogP contribution in [0, 0.1) is 0 Å². The number of thiocarbonyl (C=S) groups is 1. The number of carbonyl (C=O) groups excluding carboxylic acids is 2. The van der Waals surface area contributed by atoms with Crippen LogP contribution in [-0.4, -0.2) is 17.0 Å². The first kappa shape index (κ1) is 14.0. The Balaban J connectivity index is 1.90. The molecule has 1 aromatic heterocycles. The molecular weight excluding hydrogens is 304 g/mol. The molecule has 1 aliphatic heterocycles. The van der Waals surface area contributed by atoms with Crippen LogP contribution in [0.3, 0.4) is 0 Å². The molecule has 0 radical (unpaired) electrons. The topological polar surface area (TPSA) is 94.4 Å². The van der Waals surface area contributed by atoms with E-state index >= 15 is 0 Å². The zero-order valence-electron chi connectivity index (χ0n) is 11.1. The minimum atomic E-state index is -1.25. The number of aromatic carboxylic acids is 1. The molecule has 1 saturated heterocycles. The number of benzene rings is 1. The molecule has 0 saturated carbocycles. The summed E-state index contributed by atoms with van der Waals surface area (Å²) in [6, 6.07) is 9.58. The molecule has 22 heavy (non-hydrogen) atoms. The van der Waals surface area contributed by atoms with Crippen LogP contribution in [0.4, 0.5) is 0 Å². The molecule has 2 heterocycles. The van der Waals surface area contributed by atoms with E-state index in [4.69, 9.17) is 16.6 Å². The molecule has 110 valence electrons. The van der Waals surface area contributed by atoms with E-state index in [2.05, 4.69) is 10.6 Å². The molecular formula is C15H9N2O4S-. The number of carbonyl (C=O) groups is 2. The van der Waals surface area contributed by atoms with Crippen molar-refractivity contribution < 1.29 is 19.1 Å². The maximum atomic E-state index is 11.5. The van der Waals surface area contributed by atoms with Crippen molar-refractivity contribution in [1.82, 2.24) is 10.6 Å². The van der Waals surface area contributed by atoms with Crippen LogP contribution in [0.2, 0.25) is 0 Å². The SMILES string of the molecule is O=C1NC(=S)N/C1=C/c1ccc(-c2cccc(C(=O)[O-])c2)o1. The van der Waals surface area contributed by atoms with Gasteiger partial charge in [-0.1, -0.05) is 18.2 Å². The Morgan fingerprint density at radius 3 is 2.73 bits per heavy atom. The smallest absolute Gasteiger partial charge is 0.274 e. The van der Waals surface area contributed by atoms with Gasteiger partial charge in [-0.3, -0.25) is 10.1 Å². The molecule has 1 aliphatic rings. The van der Waals surface area contributed by atoms with Crippen molar-refractivity contribution in [3.63, 3.8) is 0 Å². The quantitative estimate of drug-likeness (QED) is 0.638. The lowest BCUT2D eigenvalue weighted by atomic mass is 10.1. The molecule has 1 amide bonds. The summed E-state index contributed by atoms with van der Waals surface area (Å²) in [6.07, 6.45) is 1.51. The Morgan fingerprint density at radius 2 is 2.05 bits per heavy atom. The molecule has 7 heteroatoms. The molecule has 1 fully saturated rings. The fourth-order valence-electron chi connectivity index (χ4n) is 2.01. The molecule has 0 spiro atoms. The Morgan fingerprint density at radius 1 is 1.23 bits per heavy atom. The average molecular weight is 313 g/mol. The van der Waals surface area contributed by atoms with Crippen LogP contribution in [0.1, 0.15) is 16.1 Å². The molecule has 0 bridgehead atoms. The normalized spacial score (nSPS) is 15.7. The van der Waals surface area contributed by atoms with Crippen molar-refractivity contribution in [2.45, 2.75) is 0 Å². The molecule has 2 aromatic rings. The summed E-state index contributed by atoms with van der Waals surface area (Å²) >= 11 is 4.83. The van der Waals surface area contributed by atoms with E-state index in [1.54, 1.807) is 24.3 Å². The zero-order chi connectivity index (χ0) is 15.7. The van der Waals surface area contributed by atoms with E-state index in [-0.39, 0.29) is 22.3 Å². The first-order chi connectivity index (χ1) is 10.5. The van der Waals surface area contributed by atoms with Gasteiger partial charge in [-0.15, -0.1) is 0 Å². The van der Waals surface area contributed by atoms with E-state index < -0.39 is 5.97 Å². The molecule has 1 aromatic carbocycles. The molecule has 0 aliphatic carbocycles. The summed E-state index contributed by atoms with van der Waals surface area (Å²) < 4.78 is 5.60. The maximum absolute atomic E-state index is 11.5. The number of furan rings is 1. The van der Waals surface area contributed by atoms with Crippen molar-refractivity contribution in [2.75, 3.05) is 0 Å². The van der Waals surface area contributed by atoms with E-state index in [0.29, 0.717) is 17.1 Å². The van der Waals surface area contributed by atoms with Gasteiger partial charge in [-0.05, 0) is 36.0 Å². The maximum Gasteiger partial charge on any atom is 0.274 e. The Kier molecular flexibility index (Phi) is 3.48. The van der Waals surface area contributed by atoms with Gasteiger partial charge in [0.05, 0.1) is 5.97 Å². The predicted molar refractivity (Wildman–Crippen MR) is 80.3 cm³/mol. The lowest BCUT2D eigenvalue weighted by Gasteiger charge is -2.03. The van der Waals surface area contributed by atoms with Crippen LogP contribution >= 0.6 is 12.2 Å². The second-order valence-electron chi connectivity index (χ2n) is 4.54. The Hall–Kier alpha value is -2.93. The fraction of sp³-hybridized carbons (Fsp3) is 0. The van der Waals surface area contributed by atoms with Crippen LogP contribution in [-0.2, 0) is 4.79 Å². The number of carboxylic acid groups (broad SMARTS) is 1. The molecule has 2 N–H and O–H groups in total. The third-order valence-electron chi connectivity index (χ3n) is 3.02. The monoisotopic (exact) mass is 313 g/mol. The van der Waals surface area contributed by atoms with Crippen molar-refractivity contribution >= 4 is 35.3 Å². The van der Waals surface area contributed by atoms with Crippen LogP contribution in [0.5, 0.6) is 0 Å². The highest BCUT2D eigenvalue weighted by molar-refractivity contribution is 7.80. The van der Waals surface area contributed by atoms with Gasteiger partial charge in [0.2, 0.25) is 0 Å². The summed E-state index contributed by atoms with van der Waals surface area (Å²) in [4.78, 5) is 22.4. The predicted octanol–water partition coefficient (Wildman–Crippen LogP) is 0.655. The second kappa shape index (κ2) is 5.45. The van der Waals surface area contributed by atoms with E-state index in [9.17, 15) is 14.7 Å². The van der Waals surface area contributed by atoms with Gasteiger partial charge >= 0.3 is 0 Å². The minimum Gasteiger partial charge on any atom is -0.545 e. The van der Waals surface area contributed by atoms with Gasteiger partial charge in [-0.25, -0.2) is 0 Å².